The van der Waals surface area contributed by atoms with Crippen molar-refractivity contribution in [1.82, 2.24) is 0 Å². The minimum atomic E-state index is -0.355. The van der Waals surface area contributed by atoms with E-state index in [1.165, 1.54) is 25.0 Å². The van der Waals surface area contributed by atoms with Gasteiger partial charge < -0.3 is 33.3 Å². The highest BCUT2D eigenvalue weighted by molar-refractivity contribution is 5.92. The summed E-state index contributed by atoms with van der Waals surface area (Å²) in [5.41, 5.74) is 9.91. The summed E-state index contributed by atoms with van der Waals surface area (Å²) in [6.45, 7) is 6.97. The summed E-state index contributed by atoms with van der Waals surface area (Å²) in [5.74, 6) is 4.63. The molecule has 67 heavy (non-hydrogen) atoms. The second-order valence-electron chi connectivity index (χ2n) is 15.4. The Hall–Kier alpha value is -8.56. The maximum atomic E-state index is 11.4. The first kappa shape index (κ1) is 46.4. The molecule has 0 aliphatic carbocycles. The van der Waals surface area contributed by atoms with E-state index in [0.29, 0.717) is 28.7 Å². The molecule has 0 spiro atoms. The highest BCUT2D eigenvalue weighted by atomic mass is 16.5. The number of hydrogen-bond donors (Lipinski definition) is 0. The maximum Gasteiger partial charge on any atom is 0.308 e. The summed E-state index contributed by atoms with van der Waals surface area (Å²) in [6, 6.07) is 62.9. The van der Waals surface area contributed by atoms with Gasteiger partial charge in [0.1, 0.15) is 46.0 Å². The lowest BCUT2D eigenvalue weighted by atomic mass is 9.95. The number of aryl methyl sites for hydroxylation is 2. The van der Waals surface area contributed by atoms with Gasteiger partial charge in [-0.25, -0.2) is 0 Å². The monoisotopic (exact) mass is 889 g/mol. The van der Waals surface area contributed by atoms with Crippen LogP contribution in [0.5, 0.6) is 46.0 Å². The molecular weight excluding hydrogens is 839 g/mol. The second kappa shape index (κ2) is 22.4. The maximum absolute atomic E-state index is 11.4. The average Bonchev–Trinajstić information content (AvgIpc) is 3.34. The molecule has 0 radical (unpaired) electrons. The average molecular weight is 890 g/mol. The number of benzene rings is 8. The van der Waals surface area contributed by atoms with Crippen LogP contribution in [-0.4, -0.2) is 26.2 Å². The third-order valence-corrected chi connectivity index (χ3v) is 10.3. The van der Waals surface area contributed by atoms with Gasteiger partial charge in [-0.3, -0.25) is 9.59 Å². The molecule has 0 aliphatic heterocycles. The van der Waals surface area contributed by atoms with E-state index in [0.717, 1.165) is 56.6 Å². The molecule has 336 valence electrons. The van der Waals surface area contributed by atoms with E-state index in [2.05, 4.69) is 110 Å². The number of methoxy groups -OCH3 is 2. The Bertz CT molecular complexity index is 2830. The number of hydrogen-bond acceptors (Lipinski definition) is 9. The Labute approximate surface area is 392 Å². The zero-order chi connectivity index (χ0) is 47.1. The highest BCUT2D eigenvalue weighted by Gasteiger charge is 2.14. The molecule has 0 aromatic heterocycles. The first-order valence-corrected chi connectivity index (χ1v) is 21.6. The quantitative estimate of drug-likeness (QED) is 0.0601. The van der Waals surface area contributed by atoms with Crippen molar-refractivity contribution < 1.29 is 38.0 Å². The van der Waals surface area contributed by atoms with E-state index in [1.54, 1.807) is 38.5 Å². The molecule has 8 aromatic carbocycles. The lowest BCUT2D eigenvalue weighted by Gasteiger charge is -2.26. The largest absolute Gasteiger partial charge is 0.497 e. The molecule has 0 amide bonds. The van der Waals surface area contributed by atoms with E-state index in [9.17, 15) is 9.59 Å². The van der Waals surface area contributed by atoms with Crippen LogP contribution in [0.2, 0.25) is 0 Å². The molecule has 8 rings (SSSR count). The van der Waals surface area contributed by atoms with Crippen LogP contribution < -0.4 is 33.3 Å². The molecular formula is C58H51NO8. The predicted octanol–water partition coefficient (Wildman–Crippen LogP) is 14.5. The van der Waals surface area contributed by atoms with E-state index < -0.39 is 0 Å². The molecule has 8 aromatic rings. The highest BCUT2D eigenvalue weighted by Crippen LogP contribution is 2.36. The molecule has 0 heterocycles. The van der Waals surface area contributed by atoms with Crippen LogP contribution in [0.3, 0.4) is 0 Å². The molecule has 0 aliphatic rings. The normalized spacial score (nSPS) is 10.7. The van der Waals surface area contributed by atoms with Crippen molar-refractivity contribution in [2.45, 2.75) is 27.7 Å². The summed E-state index contributed by atoms with van der Waals surface area (Å²) in [5, 5.41) is 0. The Morgan fingerprint density at radius 1 is 0.373 bits per heavy atom. The van der Waals surface area contributed by atoms with Crippen molar-refractivity contribution in [3.8, 4) is 46.0 Å². The molecule has 0 bridgehead atoms. The fraction of sp³-hybridized carbons (Fsp3) is 0.103. The molecule has 9 heteroatoms. The lowest BCUT2D eigenvalue weighted by Crippen LogP contribution is -2.09. The van der Waals surface area contributed by atoms with Crippen molar-refractivity contribution in [3.05, 3.63) is 222 Å². The van der Waals surface area contributed by atoms with E-state index >= 15 is 0 Å². The number of rotatable bonds is 14. The topological polar surface area (TPSA) is 92.8 Å². The van der Waals surface area contributed by atoms with Gasteiger partial charge in [-0.15, -0.1) is 0 Å². The number of anilines is 3. The number of esters is 2. The van der Waals surface area contributed by atoms with Gasteiger partial charge in [0.05, 0.1) is 14.2 Å². The Kier molecular flexibility index (Phi) is 15.5. The number of nitrogens with zero attached hydrogens (tertiary/aromatic N) is 1. The van der Waals surface area contributed by atoms with Gasteiger partial charge in [-0.2, -0.15) is 0 Å². The smallest absolute Gasteiger partial charge is 0.308 e. The number of carbonyl (C=O) groups is 2. The van der Waals surface area contributed by atoms with E-state index in [4.69, 9.17) is 28.4 Å². The number of carbonyl (C=O) groups excluding carboxylic acids is 2. The molecule has 0 saturated heterocycles. The summed E-state index contributed by atoms with van der Waals surface area (Å²) >= 11 is 0. The van der Waals surface area contributed by atoms with Gasteiger partial charge in [0, 0.05) is 30.9 Å². The summed E-state index contributed by atoms with van der Waals surface area (Å²) in [4.78, 5) is 24.6. The van der Waals surface area contributed by atoms with Crippen LogP contribution in [0.1, 0.15) is 41.7 Å². The van der Waals surface area contributed by atoms with Crippen molar-refractivity contribution in [1.29, 1.82) is 0 Å². The first-order chi connectivity index (χ1) is 32.5. The SMILES string of the molecule is COc1ccc(/C(=C/c2ccc(N(c3ccc(C)cc3)c3ccc(C)cc3)cc2)c2ccc(OC(C)=O)cc2)cc1.COc1ccc(Oc2ccc(Oc3ccc(OC(C)=O)cc3)cc2)cc1. The number of ether oxygens (including phenoxy) is 6. The molecule has 0 unspecified atom stereocenters. The second-order valence-corrected chi connectivity index (χ2v) is 15.4. The molecule has 0 atom stereocenters. The zero-order valence-electron chi connectivity index (χ0n) is 38.3. The molecule has 0 N–H and O–H groups in total. The zero-order valence-corrected chi connectivity index (χ0v) is 38.3. The summed E-state index contributed by atoms with van der Waals surface area (Å²) in [6.07, 6.45) is 2.18. The minimum Gasteiger partial charge on any atom is -0.497 e. The van der Waals surface area contributed by atoms with Crippen LogP contribution in [-0.2, 0) is 9.59 Å². The van der Waals surface area contributed by atoms with Crippen LogP contribution in [0, 0.1) is 13.8 Å². The van der Waals surface area contributed by atoms with Crippen molar-refractivity contribution >= 4 is 40.6 Å². The Balaban J connectivity index is 0.000000220. The fourth-order valence-corrected chi connectivity index (χ4v) is 6.93. The fourth-order valence-electron chi connectivity index (χ4n) is 6.93. The van der Waals surface area contributed by atoms with Crippen molar-refractivity contribution in [2.24, 2.45) is 0 Å². The Morgan fingerprint density at radius 2 is 0.657 bits per heavy atom. The minimum absolute atomic E-state index is 0.339. The molecule has 9 nitrogen and oxygen atoms in total. The van der Waals surface area contributed by atoms with Crippen LogP contribution >= 0.6 is 0 Å². The van der Waals surface area contributed by atoms with Gasteiger partial charge in [0.25, 0.3) is 0 Å². The van der Waals surface area contributed by atoms with E-state index in [-0.39, 0.29) is 11.9 Å². The Morgan fingerprint density at radius 3 is 0.985 bits per heavy atom. The van der Waals surface area contributed by atoms with Gasteiger partial charge in [0.2, 0.25) is 0 Å². The van der Waals surface area contributed by atoms with Crippen LogP contribution in [0.4, 0.5) is 17.1 Å². The van der Waals surface area contributed by atoms with Crippen LogP contribution in [0.25, 0.3) is 11.6 Å². The van der Waals surface area contributed by atoms with Crippen molar-refractivity contribution in [3.63, 3.8) is 0 Å². The van der Waals surface area contributed by atoms with E-state index in [1.807, 2.05) is 84.9 Å². The summed E-state index contributed by atoms with van der Waals surface area (Å²) < 4.78 is 32.3. The first-order valence-electron chi connectivity index (χ1n) is 21.6. The van der Waals surface area contributed by atoms with Crippen LogP contribution in [0.15, 0.2) is 194 Å². The third kappa shape index (κ3) is 13.2. The van der Waals surface area contributed by atoms with Gasteiger partial charge in [-0.05, 0) is 176 Å². The molecule has 0 fully saturated rings. The molecule has 0 saturated carbocycles. The third-order valence-electron chi connectivity index (χ3n) is 10.3. The van der Waals surface area contributed by atoms with Gasteiger partial charge in [-0.1, -0.05) is 71.8 Å². The lowest BCUT2D eigenvalue weighted by molar-refractivity contribution is -0.132. The predicted molar refractivity (Wildman–Crippen MR) is 266 cm³/mol. The van der Waals surface area contributed by atoms with Gasteiger partial charge >= 0.3 is 11.9 Å². The van der Waals surface area contributed by atoms with Crippen molar-refractivity contribution in [2.75, 3.05) is 19.1 Å². The standard InChI is InChI=1S/C37H33NO3.C21H18O5/c1-26-5-15-32(16-6-26)38(33-17-7-27(2)8-18-33)34-19-9-29(10-20-34)25-37(30-11-21-35(40-4)22-12-30)31-13-23-36(24-14-31)41-28(3)39;1-15(22)24-17-7-9-19(10-8-17)26-21-13-11-20(12-14-21)25-18-5-3-16(23-2)4-6-18/h5-25H,1-4H3;3-14H,1-2H3/b37-25-;. The summed E-state index contributed by atoms with van der Waals surface area (Å²) in [7, 11) is 3.29. The van der Waals surface area contributed by atoms with Gasteiger partial charge in [0.15, 0.2) is 0 Å².